The van der Waals surface area contributed by atoms with Crippen LogP contribution in [0.4, 0.5) is 0 Å². The van der Waals surface area contributed by atoms with Gasteiger partial charge in [-0.2, -0.15) is 0 Å². The number of hydrogen-bond acceptors (Lipinski definition) is 3. The van der Waals surface area contributed by atoms with Crippen molar-refractivity contribution in [1.82, 2.24) is 0 Å². The second-order valence-corrected chi connectivity index (χ2v) is 3.79. The van der Waals surface area contributed by atoms with E-state index >= 15 is 0 Å². The highest BCUT2D eigenvalue weighted by Crippen LogP contribution is 2.17. The first-order chi connectivity index (χ1) is 7.65. The van der Waals surface area contributed by atoms with E-state index in [1.165, 1.54) is 12.0 Å². The van der Waals surface area contributed by atoms with Gasteiger partial charge in [0.25, 0.3) is 0 Å². The summed E-state index contributed by atoms with van der Waals surface area (Å²) in [6.07, 6.45) is 0. The van der Waals surface area contributed by atoms with Gasteiger partial charge in [-0.3, -0.25) is 0 Å². The number of carbonyl (C=O) groups excluding carboxylic acids is 1. The lowest BCUT2D eigenvalue weighted by Crippen LogP contribution is -3.06. The third-order valence-electron chi connectivity index (χ3n) is 2.16. The van der Waals surface area contributed by atoms with Crippen molar-refractivity contribution < 1.29 is 19.2 Å². The predicted octanol–water partition coefficient (Wildman–Crippen LogP) is -0.00350. The van der Waals surface area contributed by atoms with Crippen LogP contribution in [0.3, 0.4) is 0 Å². The lowest BCUT2D eigenvalue weighted by molar-refractivity contribution is -0.858. The highest BCUT2D eigenvalue weighted by molar-refractivity contribution is 5.92. The number of ether oxygens (including phenoxy) is 2. The zero-order valence-electron chi connectivity index (χ0n) is 9.95. The van der Waals surface area contributed by atoms with Crippen LogP contribution in [-0.2, 0) is 4.74 Å². The Morgan fingerprint density at radius 1 is 1.31 bits per heavy atom. The monoisotopic (exact) mass is 224 g/mol. The fraction of sp³-hybridized carbons (Fsp3) is 0.417. The number of carbonyl (C=O) groups is 1. The molecule has 0 saturated carbocycles. The zero-order chi connectivity index (χ0) is 12.0. The van der Waals surface area contributed by atoms with Crippen LogP contribution in [0.1, 0.15) is 10.4 Å². The standard InChI is InChI=1S/C12H17NO3/c1-13(2)8-9-16-12(14)10-6-4-5-7-11(10)15-3/h4-7H,8-9H2,1-3H3/p+1. The number of hydrogen-bond donors (Lipinski definition) is 1. The van der Waals surface area contributed by atoms with Gasteiger partial charge in [0.15, 0.2) is 0 Å². The summed E-state index contributed by atoms with van der Waals surface area (Å²) < 4.78 is 10.2. The second kappa shape index (κ2) is 6.12. The smallest absolute Gasteiger partial charge is 0.342 e. The molecule has 0 amide bonds. The van der Waals surface area contributed by atoms with Crippen LogP contribution < -0.4 is 9.64 Å². The first kappa shape index (κ1) is 12.5. The summed E-state index contributed by atoms with van der Waals surface area (Å²) in [7, 11) is 5.56. The summed E-state index contributed by atoms with van der Waals surface area (Å²) in [5.74, 6) is 0.211. The lowest BCUT2D eigenvalue weighted by Gasteiger charge is -2.09. The maximum absolute atomic E-state index is 11.7. The summed E-state index contributed by atoms with van der Waals surface area (Å²) in [5.41, 5.74) is 0.471. The Labute approximate surface area is 95.8 Å². The Morgan fingerprint density at radius 2 is 2.00 bits per heavy atom. The highest BCUT2D eigenvalue weighted by atomic mass is 16.5. The van der Waals surface area contributed by atoms with Gasteiger partial charge in [0.2, 0.25) is 0 Å². The van der Waals surface area contributed by atoms with Crippen molar-refractivity contribution in [1.29, 1.82) is 0 Å². The van der Waals surface area contributed by atoms with Crippen molar-refractivity contribution in [3.63, 3.8) is 0 Å². The molecule has 0 bridgehead atoms. The molecule has 0 aromatic heterocycles. The molecule has 0 saturated heterocycles. The summed E-state index contributed by atoms with van der Waals surface area (Å²) in [5, 5.41) is 0. The van der Waals surface area contributed by atoms with Crippen molar-refractivity contribution in [2.45, 2.75) is 0 Å². The van der Waals surface area contributed by atoms with Crippen LogP contribution in [0, 0.1) is 0 Å². The van der Waals surface area contributed by atoms with E-state index in [1.54, 1.807) is 18.2 Å². The van der Waals surface area contributed by atoms with Gasteiger partial charge in [-0.1, -0.05) is 12.1 Å². The quantitative estimate of drug-likeness (QED) is 0.715. The summed E-state index contributed by atoms with van der Waals surface area (Å²) in [6, 6.07) is 7.05. The third kappa shape index (κ3) is 3.55. The average molecular weight is 224 g/mol. The van der Waals surface area contributed by atoms with Gasteiger partial charge in [0.05, 0.1) is 21.2 Å². The zero-order valence-corrected chi connectivity index (χ0v) is 9.95. The second-order valence-electron chi connectivity index (χ2n) is 3.79. The van der Waals surface area contributed by atoms with Gasteiger partial charge in [0, 0.05) is 0 Å². The van der Waals surface area contributed by atoms with Gasteiger partial charge in [-0.25, -0.2) is 4.79 Å². The predicted molar refractivity (Wildman–Crippen MR) is 61.0 cm³/mol. The van der Waals surface area contributed by atoms with Crippen molar-refractivity contribution >= 4 is 5.97 Å². The normalized spacial score (nSPS) is 10.2. The number of quaternary nitrogens is 1. The molecule has 0 radical (unpaired) electrons. The number of likely N-dealkylation sites (N-methyl/N-ethyl adjacent to an activating group) is 1. The first-order valence-corrected chi connectivity index (χ1v) is 5.24. The van der Waals surface area contributed by atoms with Crippen LogP contribution in [0.2, 0.25) is 0 Å². The fourth-order valence-corrected chi connectivity index (χ4v) is 1.24. The summed E-state index contributed by atoms with van der Waals surface area (Å²) in [4.78, 5) is 12.9. The molecule has 0 spiro atoms. The Morgan fingerprint density at radius 3 is 2.62 bits per heavy atom. The minimum atomic E-state index is -0.335. The maximum Gasteiger partial charge on any atom is 0.342 e. The van der Waals surface area contributed by atoms with Crippen LogP contribution >= 0.6 is 0 Å². The molecule has 1 N–H and O–H groups in total. The van der Waals surface area contributed by atoms with Crippen molar-refractivity contribution in [3.8, 4) is 5.75 Å². The molecule has 0 heterocycles. The van der Waals surface area contributed by atoms with Gasteiger partial charge in [-0.05, 0) is 12.1 Å². The Balaban J connectivity index is 2.59. The minimum Gasteiger partial charge on any atom is -0.496 e. The number of para-hydroxylation sites is 1. The minimum absolute atomic E-state index is 0.335. The van der Waals surface area contributed by atoms with E-state index < -0.39 is 0 Å². The molecular weight excluding hydrogens is 206 g/mol. The molecule has 0 aliphatic carbocycles. The van der Waals surface area contributed by atoms with E-state index in [0.29, 0.717) is 17.9 Å². The molecule has 4 nitrogen and oxygen atoms in total. The average Bonchev–Trinajstić information content (AvgIpc) is 2.28. The molecule has 0 aliphatic heterocycles. The first-order valence-electron chi connectivity index (χ1n) is 5.24. The van der Waals surface area contributed by atoms with Crippen molar-refractivity contribution in [3.05, 3.63) is 29.8 Å². The molecule has 0 aliphatic rings. The van der Waals surface area contributed by atoms with E-state index in [9.17, 15) is 4.79 Å². The van der Waals surface area contributed by atoms with Gasteiger partial charge < -0.3 is 14.4 Å². The van der Waals surface area contributed by atoms with Crippen LogP contribution in [0.15, 0.2) is 24.3 Å². The number of nitrogens with one attached hydrogen (secondary N) is 1. The Bertz CT molecular complexity index is 350. The molecule has 0 unspecified atom stereocenters. The van der Waals surface area contributed by atoms with E-state index in [0.717, 1.165) is 6.54 Å². The molecule has 16 heavy (non-hydrogen) atoms. The van der Waals surface area contributed by atoms with Crippen LogP contribution in [0.5, 0.6) is 5.75 Å². The topological polar surface area (TPSA) is 40.0 Å². The van der Waals surface area contributed by atoms with Crippen LogP contribution in [0.25, 0.3) is 0 Å². The highest BCUT2D eigenvalue weighted by Gasteiger charge is 2.12. The number of benzene rings is 1. The molecule has 0 fully saturated rings. The molecule has 1 rings (SSSR count). The third-order valence-corrected chi connectivity index (χ3v) is 2.16. The van der Waals surface area contributed by atoms with Crippen LogP contribution in [-0.4, -0.2) is 40.3 Å². The van der Waals surface area contributed by atoms with Gasteiger partial charge in [0.1, 0.15) is 24.5 Å². The van der Waals surface area contributed by atoms with E-state index in [-0.39, 0.29) is 5.97 Å². The summed E-state index contributed by atoms with van der Waals surface area (Å²) in [6.45, 7) is 1.21. The van der Waals surface area contributed by atoms with Gasteiger partial charge in [-0.15, -0.1) is 0 Å². The SMILES string of the molecule is COc1ccccc1C(=O)OCC[NH+](C)C. The number of methoxy groups -OCH3 is 1. The lowest BCUT2D eigenvalue weighted by atomic mass is 10.2. The molecule has 4 heteroatoms. The Kier molecular flexibility index (Phi) is 4.79. The van der Waals surface area contributed by atoms with E-state index in [2.05, 4.69) is 0 Å². The Hall–Kier alpha value is -1.55. The summed E-state index contributed by atoms with van der Waals surface area (Å²) >= 11 is 0. The van der Waals surface area contributed by atoms with E-state index in [4.69, 9.17) is 9.47 Å². The molecular formula is C12H18NO3+. The number of esters is 1. The van der Waals surface area contributed by atoms with Gasteiger partial charge >= 0.3 is 5.97 Å². The molecule has 0 atom stereocenters. The maximum atomic E-state index is 11.7. The van der Waals surface area contributed by atoms with Crippen molar-refractivity contribution in [2.75, 3.05) is 34.4 Å². The van der Waals surface area contributed by atoms with E-state index in [1.807, 2.05) is 20.2 Å². The fourth-order valence-electron chi connectivity index (χ4n) is 1.24. The molecule has 1 aromatic rings. The number of rotatable bonds is 5. The molecule has 1 aromatic carbocycles. The largest absolute Gasteiger partial charge is 0.496 e. The molecule has 88 valence electrons. The van der Waals surface area contributed by atoms with Crippen molar-refractivity contribution in [2.24, 2.45) is 0 Å².